The summed E-state index contributed by atoms with van der Waals surface area (Å²) in [4.78, 5) is 9.03. The molecule has 9 heteroatoms. The molecule has 0 bridgehead atoms. The van der Waals surface area contributed by atoms with Gasteiger partial charge in [-0.25, -0.2) is 0 Å². The Kier molecular flexibility index (Phi) is 8.61. The second-order valence-corrected chi connectivity index (χ2v) is 4.39. The number of hydrogen-bond donors (Lipinski definition) is 0. The van der Waals surface area contributed by atoms with Gasteiger partial charge in [0.25, 0.3) is 0 Å². The van der Waals surface area contributed by atoms with Gasteiger partial charge in [-0.3, -0.25) is 18.4 Å². The summed E-state index contributed by atoms with van der Waals surface area (Å²) in [5, 5.41) is 0. The van der Waals surface area contributed by atoms with E-state index in [0.29, 0.717) is 4.86 Å². The van der Waals surface area contributed by atoms with Gasteiger partial charge in [-0.2, -0.15) is 0 Å². The van der Waals surface area contributed by atoms with Gasteiger partial charge in [-0.05, 0) is 24.3 Å². The number of rotatable bonds is 2. The van der Waals surface area contributed by atoms with E-state index in [1.54, 1.807) is 12.4 Å². The summed E-state index contributed by atoms with van der Waals surface area (Å²) in [6.45, 7) is 0. The predicted octanol–water partition coefficient (Wildman–Crippen LogP) is 0.524. The first kappa shape index (κ1) is 19.0. The van der Waals surface area contributed by atoms with Crippen molar-refractivity contribution in [3.05, 3.63) is 60.2 Å². The molecular formula is C11H8MgN2O4S2. The van der Waals surface area contributed by atoms with Gasteiger partial charge < -0.3 is 9.11 Å². The summed E-state index contributed by atoms with van der Waals surface area (Å²) in [7, 11) is -5.17. The summed E-state index contributed by atoms with van der Waals surface area (Å²) in [6, 6.07) is 11.3. The van der Waals surface area contributed by atoms with Crippen molar-refractivity contribution in [1.82, 2.24) is 9.97 Å². The molecule has 2 aromatic heterocycles. The van der Waals surface area contributed by atoms with Crippen LogP contribution in [0.25, 0.3) is 0 Å². The van der Waals surface area contributed by atoms with Gasteiger partial charge >= 0.3 is 23.1 Å². The van der Waals surface area contributed by atoms with E-state index in [1.165, 1.54) is 0 Å². The Morgan fingerprint density at radius 3 is 1.55 bits per heavy atom. The van der Waals surface area contributed by atoms with Gasteiger partial charge in [-0.15, -0.1) is 0 Å². The number of nitrogens with zero attached hydrogens (tertiary/aromatic N) is 2. The molecule has 2 aromatic rings. The van der Waals surface area contributed by atoms with Crippen LogP contribution in [-0.2, 0) is 10.4 Å². The van der Waals surface area contributed by atoms with Gasteiger partial charge in [0.2, 0.25) is 0 Å². The summed E-state index contributed by atoms with van der Waals surface area (Å²) < 4.78 is 34.1. The average Bonchev–Trinajstić information content (AvgIpc) is 2.38. The molecule has 0 aromatic carbocycles. The van der Waals surface area contributed by atoms with Crippen LogP contribution in [0.4, 0.5) is 0 Å². The Morgan fingerprint density at radius 1 is 0.950 bits per heavy atom. The summed E-state index contributed by atoms with van der Waals surface area (Å²) in [6.07, 6.45) is 3.45. The molecule has 0 unspecified atom stereocenters. The molecule has 0 aliphatic heterocycles. The second kappa shape index (κ2) is 9.05. The molecule has 0 radical (unpaired) electrons. The molecule has 0 aliphatic rings. The quantitative estimate of drug-likeness (QED) is 0.261. The minimum atomic E-state index is -5.17. The van der Waals surface area contributed by atoms with Gasteiger partial charge in [0, 0.05) is 22.8 Å². The molecule has 0 aliphatic carbocycles. The topological polar surface area (TPSA) is 106 Å². The Bertz CT molecular complexity index is 586. The monoisotopic (exact) mass is 320 g/mol. The fourth-order valence-corrected chi connectivity index (χ4v) is 1.37. The molecule has 0 saturated heterocycles. The van der Waals surface area contributed by atoms with Crippen molar-refractivity contribution >= 4 is 50.5 Å². The molecule has 0 spiro atoms. The van der Waals surface area contributed by atoms with E-state index >= 15 is 0 Å². The molecule has 100 valence electrons. The minimum Gasteiger partial charge on any atom is -0.759 e. The zero-order valence-electron chi connectivity index (χ0n) is 10.2. The first-order valence-electron chi connectivity index (χ1n) is 4.91. The Hall–Kier alpha value is -0.974. The van der Waals surface area contributed by atoms with E-state index in [-0.39, 0.29) is 23.1 Å². The molecule has 20 heavy (non-hydrogen) atoms. The van der Waals surface area contributed by atoms with Crippen molar-refractivity contribution in [2.24, 2.45) is 0 Å². The molecule has 0 amide bonds. The van der Waals surface area contributed by atoms with E-state index in [9.17, 15) is 0 Å². The molecular weight excluding hydrogens is 313 g/mol. The third kappa shape index (κ3) is 8.25. The summed E-state index contributed by atoms with van der Waals surface area (Å²) >= 11 is 5.26. The molecule has 0 atom stereocenters. The van der Waals surface area contributed by atoms with Crippen molar-refractivity contribution in [2.45, 2.75) is 0 Å². The van der Waals surface area contributed by atoms with E-state index < -0.39 is 10.4 Å². The maximum absolute atomic E-state index is 8.52. The van der Waals surface area contributed by atoms with Crippen molar-refractivity contribution in [3.63, 3.8) is 0 Å². The van der Waals surface area contributed by atoms with Gasteiger partial charge in [0.1, 0.15) is 0 Å². The number of thiocarbonyl (C=S) groups is 1. The summed E-state index contributed by atoms with van der Waals surface area (Å²) in [5.41, 5.74) is 1.59. The standard InChI is InChI=1S/C11H8N2S.Mg.H2O4S/c14-11(9-5-1-3-7-12-9)10-6-2-4-8-13-10;;1-5(2,3)4/h1-8H;;(H2,1,2,3,4)/q;+2;/p-2. The van der Waals surface area contributed by atoms with E-state index in [2.05, 4.69) is 9.97 Å². The maximum atomic E-state index is 8.52. The fraction of sp³-hybridized carbons (Fsp3) is 0. The Balaban J connectivity index is 0.000000526. The number of aromatic nitrogens is 2. The molecule has 0 fully saturated rings. The van der Waals surface area contributed by atoms with Crippen LogP contribution >= 0.6 is 12.2 Å². The first-order valence-corrected chi connectivity index (χ1v) is 6.65. The third-order valence-corrected chi connectivity index (χ3v) is 2.21. The third-order valence-electron chi connectivity index (χ3n) is 1.80. The smallest absolute Gasteiger partial charge is 0.759 e. The number of hydrogen-bond acceptors (Lipinski definition) is 7. The van der Waals surface area contributed by atoms with Gasteiger partial charge in [0.15, 0.2) is 0 Å². The van der Waals surface area contributed by atoms with Crippen molar-refractivity contribution < 1.29 is 17.5 Å². The normalized spacial score (nSPS) is 9.70. The van der Waals surface area contributed by atoms with Crippen LogP contribution in [-0.4, -0.2) is 55.4 Å². The molecule has 0 saturated carbocycles. The van der Waals surface area contributed by atoms with Crippen LogP contribution in [0.2, 0.25) is 0 Å². The van der Waals surface area contributed by atoms with Gasteiger partial charge in [0.05, 0.1) is 16.3 Å². The Labute approximate surface area is 138 Å². The predicted molar refractivity (Wildman–Crippen MR) is 75.5 cm³/mol. The number of pyridine rings is 2. The summed E-state index contributed by atoms with van der Waals surface area (Å²) in [5.74, 6) is 0. The van der Waals surface area contributed by atoms with Crippen molar-refractivity contribution in [2.75, 3.05) is 0 Å². The van der Waals surface area contributed by atoms with Crippen LogP contribution in [0.3, 0.4) is 0 Å². The molecule has 0 N–H and O–H groups in total. The first-order chi connectivity index (χ1) is 8.88. The van der Waals surface area contributed by atoms with Crippen molar-refractivity contribution in [1.29, 1.82) is 0 Å². The van der Waals surface area contributed by atoms with E-state index in [1.807, 2.05) is 36.4 Å². The average molecular weight is 321 g/mol. The van der Waals surface area contributed by atoms with Crippen molar-refractivity contribution in [3.8, 4) is 0 Å². The SMILES string of the molecule is O=S(=O)([O-])[O-].S=C(c1ccccn1)c1ccccn1.[Mg+2]. The molecule has 2 rings (SSSR count). The molecule has 6 nitrogen and oxygen atoms in total. The largest absolute Gasteiger partial charge is 2.00 e. The van der Waals surface area contributed by atoms with E-state index in [4.69, 9.17) is 29.7 Å². The van der Waals surface area contributed by atoms with Crippen LogP contribution in [0.5, 0.6) is 0 Å². The second-order valence-electron chi connectivity index (χ2n) is 3.17. The minimum absolute atomic E-state index is 0. The fourth-order valence-electron chi connectivity index (χ4n) is 1.13. The van der Waals surface area contributed by atoms with E-state index in [0.717, 1.165) is 11.4 Å². The van der Waals surface area contributed by atoms with Crippen LogP contribution < -0.4 is 0 Å². The van der Waals surface area contributed by atoms with Crippen LogP contribution in [0.15, 0.2) is 48.8 Å². The zero-order chi connectivity index (χ0) is 14.3. The Morgan fingerprint density at radius 2 is 1.30 bits per heavy atom. The molecule has 2 heterocycles. The van der Waals surface area contributed by atoms with Crippen LogP contribution in [0, 0.1) is 0 Å². The zero-order valence-corrected chi connectivity index (χ0v) is 13.2. The van der Waals surface area contributed by atoms with Crippen LogP contribution in [0.1, 0.15) is 11.4 Å². The van der Waals surface area contributed by atoms with Gasteiger partial charge in [-0.1, -0.05) is 24.4 Å². The maximum Gasteiger partial charge on any atom is 2.00 e.